The summed E-state index contributed by atoms with van der Waals surface area (Å²) < 4.78 is 0. The minimum atomic E-state index is -1.07. The van der Waals surface area contributed by atoms with Gasteiger partial charge >= 0.3 is 6.09 Å². The summed E-state index contributed by atoms with van der Waals surface area (Å²) in [5, 5.41) is 26.2. The lowest BCUT2D eigenvalue weighted by molar-refractivity contribution is 0.100. The highest BCUT2D eigenvalue weighted by atomic mass is 16.4. The number of nitrogens with two attached hydrogens (primary N) is 1. The van der Waals surface area contributed by atoms with Crippen LogP contribution in [0.3, 0.4) is 0 Å². The summed E-state index contributed by atoms with van der Waals surface area (Å²) in [6.45, 7) is 0. The van der Waals surface area contributed by atoms with Crippen molar-refractivity contribution in [1.29, 1.82) is 0 Å². The van der Waals surface area contributed by atoms with E-state index in [0.717, 1.165) is 31.4 Å². The number of amides is 2. The first kappa shape index (κ1) is 21.0. The molecule has 166 valence electrons. The predicted molar refractivity (Wildman–Crippen MR) is 116 cm³/mol. The molecule has 6 N–H and O–H groups in total. The molecule has 2 amide bonds. The second-order valence-corrected chi connectivity index (χ2v) is 7.41. The van der Waals surface area contributed by atoms with Gasteiger partial charge in [-0.1, -0.05) is 18.9 Å². The van der Waals surface area contributed by atoms with Crippen LogP contribution in [-0.4, -0.2) is 54.2 Å². The monoisotopic (exact) mass is 437 g/mol. The standard InChI is InChI=1S/C20H23N9O3/c21-17(30)14-11-22-19(26-15-6-1-2-7-16(15)27-20(31)32)28-18(14)25-12-4-3-5-13(10-12)29-23-8-9-24-29/h3-5,8-11,15-16,27H,1-2,6-7H2,(H2,21,30)(H,31,32)(H2,22,25,26,28)/t15-,16+/m1/s1. The second-order valence-electron chi connectivity index (χ2n) is 7.41. The van der Waals surface area contributed by atoms with Crippen LogP contribution in [0, 0.1) is 0 Å². The van der Waals surface area contributed by atoms with Crippen LogP contribution in [0.2, 0.25) is 0 Å². The van der Waals surface area contributed by atoms with Gasteiger partial charge in [0.1, 0.15) is 11.4 Å². The number of nitrogens with one attached hydrogen (secondary N) is 3. The summed E-state index contributed by atoms with van der Waals surface area (Å²) >= 11 is 0. The molecule has 12 nitrogen and oxygen atoms in total. The van der Waals surface area contributed by atoms with Crippen LogP contribution in [0.15, 0.2) is 42.9 Å². The number of hydrogen-bond acceptors (Lipinski definition) is 8. The summed E-state index contributed by atoms with van der Waals surface area (Å²) in [6.07, 6.45) is 6.84. The zero-order valence-electron chi connectivity index (χ0n) is 17.1. The van der Waals surface area contributed by atoms with Crippen molar-refractivity contribution in [3.8, 4) is 5.69 Å². The Morgan fingerprint density at radius 2 is 1.88 bits per heavy atom. The second kappa shape index (κ2) is 9.29. The first-order chi connectivity index (χ1) is 15.5. The van der Waals surface area contributed by atoms with Crippen molar-refractivity contribution >= 4 is 29.5 Å². The maximum Gasteiger partial charge on any atom is 0.404 e. The average molecular weight is 437 g/mol. The Morgan fingerprint density at radius 3 is 2.59 bits per heavy atom. The SMILES string of the molecule is NC(=O)c1cnc(N[C@@H]2CCCC[C@@H]2NC(=O)O)nc1Nc1cccc(-n2nccn2)c1. The summed E-state index contributed by atoms with van der Waals surface area (Å²) in [5.74, 6) is -0.169. The molecule has 1 fully saturated rings. The molecular weight excluding hydrogens is 414 g/mol. The third kappa shape index (κ3) is 4.91. The van der Waals surface area contributed by atoms with Gasteiger partial charge in [0.05, 0.1) is 24.1 Å². The molecule has 2 aromatic heterocycles. The molecule has 1 aliphatic carbocycles. The molecular formula is C20H23N9O3. The Kier molecular flexibility index (Phi) is 6.10. The normalized spacial score (nSPS) is 18.0. The molecule has 1 saturated carbocycles. The molecule has 0 unspecified atom stereocenters. The number of benzene rings is 1. The summed E-state index contributed by atoms with van der Waals surface area (Å²) in [5.41, 5.74) is 7.00. The van der Waals surface area contributed by atoms with Crippen molar-refractivity contribution < 1.29 is 14.7 Å². The third-order valence-corrected chi connectivity index (χ3v) is 5.20. The molecule has 0 radical (unpaired) electrons. The summed E-state index contributed by atoms with van der Waals surface area (Å²) in [7, 11) is 0. The molecule has 0 saturated heterocycles. The lowest BCUT2D eigenvalue weighted by Gasteiger charge is -2.32. The predicted octanol–water partition coefficient (Wildman–Crippen LogP) is 1.89. The summed E-state index contributed by atoms with van der Waals surface area (Å²) in [4.78, 5) is 33.1. The quantitative estimate of drug-likeness (QED) is 0.370. The van der Waals surface area contributed by atoms with Crippen LogP contribution in [0.5, 0.6) is 0 Å². The number of carbonyl (C=O) groups excluding carboxylic acids is 1. The van der Waals surface area contributed by atoms with E-state index in [-0.39, 0.29) is 29.4 Å². The number of carbonyl (C=O) groups is 2. The van der Waals surface area contributed by atoms with Crippen LogP contribution in [0.4, 0.5) is 22.2 Å². The van der Waals surface area contributed by atoms with Gasteiger partial charge in [-0.15, -0.1) is 0 Å². The van der Waals surface area contributed by atoms with E-state index in [1.807, 2.05) is 12.1 Å². The number of carboxylic acid groups (broad SMARTS) is 1. The van der Waals surface area contributed by atoms with Crippen LogP contribution in [0.25, 0.3) is 5.69 Å². The van der Waals surface area contributed by atoms with Crippen molar-refractivity contribution in [2.24, 2.45) is 5.73 Å². The number of anilines is 3. The van der Waals surface area contributed by atoms with Gasteiger partial charge in [-0.25, -0.2) is 9.78 Å². The van der Waals surface area contributed by atoms with Gasteiger partial charge in [-0.2, -0.15) is 20.0 Å². The molecule has 2 heterocycles. The van der Waals surface area contributed by atoms with E-state index in [1.54, 1.807) is 24.5 Å². The molecule has 32 heavy (non-hydrogen) atoms. The molecule has 3 aromatic rings. The zero-order chi connectivity index (χ0) is 22.5. The van der Waals surface area contributed by atoms with Crippen molar-refractivity contribution in [3.63, 3.8) is 0 Å². The number of nitrogens with zero attached hydrogens (tertiary/aromatic N) is 5. The molecule has 12 heteroatoms. The highest BCUT2D eigenvalue weighted by Crippen LogP contribution is 2.24. The fourth-order valence-electron chi connectivity index (χ4n) is 3.72. The number of rotatable bonds is 7. The van der Waals surface area contributed by atoms with Gasteiger partial charge in [-0.3, -0.25) is 4.79 Å². The number of primary amides is 1. The van der Waals surface area contributed by atoms with Crippen LogP contribution in [0.1, 0.15) is 36.0 Å². The van der Waals surface area contributed by atoms with Gasteiger partial charge in [0.25, 0.3) is 5.91 Å². The maximum absolute atomic E-state index is 11.9. The smallest absolute Gasteiger partial charge is 0.404 e. The van der Waals surface area contributed by atoms with Gasteiger partial charge in [0.15, 0.2) is 0 Å². The zero-order valence-corrected chi connectivity index (χ0v) is 17.1. The van der Waals surface area contributed by atoms with E-state index < -0.39 is 12.0 Å². The van der Waals surface area contributed by atoms with Crippen molar-refractivity contribution in [2.75, 3.05) is 10.6 Å². The molecule has 0 spiro atoms. The Bertz CT molecular complexity index is 1100. The van der Waals surface area contributed by atoms with Crippen LogP contribution < -0.4 is 21.7 Å². The van der Waals surface area contributed by atoms with Gasteiger partial charge < -0.3 is 26.8 Å². The topological polar surface area (TPSA) is 173 Å². The first-order valence-electron chi connectivity index (χ1n) is 10.2. The molecule has 0 bridgehead atoms. The third-order valence-electron chi connectivity index (χ3n) is 5.20. The lowest BCUT2D eigenvalue weighted by Crippen LogP contribution is -2.48. The Balaban J connectivity index is 1.58. The highest BCUT2D eigenvalue weighted by molar-refractivity contribution is 5.98. The largest absolute Gasteiger partial charge is 0.465 e. The Morgan fingerprint density at radius 1 is 1.12 bits per heavy atom. The van der Waals surface area contributed by atoms with E-state index in [9.17, 15) is 9.59 Å². The minimum absolute atomic E-state index is 0.127. The first-order valence-corrected chi connectivity index (χ1v) is 10.2. The van der Waals surface area contributed by atoms with Crippen molar-refractivity contribution in [3.05, 3.63) is 48.4 Å². The van der Waals surface area contributed by atoms with Crippen LogP contribution in [-0.2, 0) is 0 Å². The average Bonchev–Trinajstić information content (AvgIpc) is 3.30. The van der Waals surface area contributed by atoms with E-state index >= 15 is 0 Å². The van der Waals surface area contributed by atoms with E-state index in [0.29, 0.717) is 5.69 Å². The molecule has 1 aliphatic rings. The van der Waals surface area contributed by atoms with Crippen molar-refractivity contribution in [1.82, 2.24) is 30.3 Å². The Labute approximate surface area is 183 Å². The van der Waals surface area contributed by atoms with Crippen molar-refractivity contribution in [2.45, 2.75) is 37.8 Å². The van der Waals surface area contributed by atoms with E-state index in [4.69, 9.17) is 10.8 Å². The number of aromatic nitrogens is 5. The minimum Gasteiger partial charge on any atom is -0.465 e. The van der Waals surface area contributed by atoms with Gasteiger partial charge in [-0.05, 0) is 31.0 Å². The lowest BCUT2D eigenvalue weighted by atomic mass is 9.90. The molecule has 0 aliphatic heterocycles. The fraction of sp³-hybridized carbons (Fsp3) is 0.300. The highest BCUT2D eigenvalue weighted by Gasteiger charge is 2.27. The van der Waals surface area contributed by atoms with Gasteiger partial charge in [0, 0.05) is 17.9 Å². The maximum atomic E-state index is 11.9. The van der Waals surface area contributed by atoms with Gasteiger partial charge in [0.2, 0.25) is 5.95 Å². The Hall–Kier alpha value is -4.22. The number of hydrogen-bond donors (Lipinski definition) is 5. The van der Waals surface area contributed by atoms with E-state index in [2.05, 4.69) is 36.1 Å². The fourth-order valence-corrected chi connectivity index (χ4v) is 3.72. The molecule has 2 atom stereocenters. The summed E-state index contributed by atoms with van der Waals surface area (Å²) in [6, 6.07) is 6.84. The van der Waals surface area contributed by atoms with Crippen LogP contribution >= 0.6 is 0 Å². The van der Waals surface area contributed by atoms with E-state index in [1.165, 1.54) is 11.0 Å². The molecule has 1 aromatic carbocycles. The molecule has 4 rings (SSSR count).